The average molecular weight is 367 g/mol. The largest absolute Gasteiger partial charge is 0.320 e. The number of hydrogen-bond donors (Lipinski definition) is 1. The predicted molar refractivity (Wildman–Crippen MR) is 118 cm³/mol. The zero-order valence-electron chi connectivity index (χ0n) is 17.7. The molecule has 2 heteroatoms. The van der Waals surface area contributed by atoms with Crippen molar-refractivity contribution in [2.75, 3.05) is 27.2 Å². The Morgan fingerprint density at radius 3 is 2.26 bits per heavy atom. The van der Waals surface area contributed by atoms with Crippen LogP contribution < -0.4 is 5.32 Å². The van der Waals surface area contributed by atoms with Crippen molar-refractivity contribution in [2.45, 2.75) is 52.0 Å². The third-order valence-electron chi connectivity index (χ3n) is 5.74. The van der Waals surface area contributed by atoms with Crippen LogP contribution >= 0.6 is 0 Å². The van der Waals surface area contributed by atoms with E-state index in [-0.39, 0.29) is 0 Å². The van der Waals surface area contributed by atoms with Crippen LogP contribution in [0.3, 0.4) is 0 Å². The molecule has 1 N–H and O–H groups in total. The molecule has 0 aliphatic carbocycles. The summed E-state index contributed by atoms with van der Waals surface area (Å²) in [6.45, 7) is 7.91. The first-order valence-electron chi connectivity index (χ1n) is 10.6. The molecule has 0 spiro atoms. The molecule has 0 fully saturated rings. The summed E-state index contributed by atoms with van der Waals surface area (Å²) in [4.78, 5) is 2.48. The molecular weight excluding hydrogens is 328 g/mol. The van der Waals surface area contributed by atoms with Gasteiger partial charge < -0.3 is 10.2 Å². The van der Waals surface area contributed by atoms with Gasteiger partial charge in [0.2, 0.25) is 0 Å². The van der Waals surface area contributed by atoms with Gasteiger partial charge in [-0.3, -0.25) is 0 Å². The van der Waals surface area contributed by atoms with Gasteiger partial charge in [-0.25, -0.2) is 0 Å². The molecule has 0 amide bonds. The maximum atomic E-state index is 3.33. The molecule has 27 heavy (non-hydrogen) atoms. The lowest BCUT2D eigenvalue weighted by atomic mass is 9.87. The van der Waals surface area contributed by atoms with Crippen LogP contribution in [0.1, 0.15) is 55.7 Å². The smallest absolute Gasteiger partial charge is 0.0233 e. The maximum absolute atomic E-state index is 3.33. The normalized spacial score (nSPS) is 13.7. The predicted octanol–water partition coefficient (Wildman–Crippen LogP) is 5.49. The van der Waals surface area contributed by atoms with Gasteiger partial charge in [-0.1, -0.05) is 74.9 Å². The van der Waals surface area contributed by atoms with Crippen molar-refractivity contribution in [1.82, 2.24) is 10.2 Å². The maximum Gasteiger partial charge on any atom is 0.0233 e. The standard InChI is InChI=1S/C25H38N2/c1-5-21(2)16-18-27(4)20-25-14-10-9-13-23(25)19-24(15-17-26-3)22-11-7-6-8-12-22/h6-14,21,24,26H,5,15-20H2,1-4H3. The van der Waals surface area contributed by atoms with Gasteiger partial charge in [-0.2, -0.15) is 0 Å². The van der Waals surface area contributed by atoms with Gasteiger partial charge in [0.1, 0.15) is 0 Å². The van der Waals surface area contributed by atoms with Gasteiger partial charge in [0, 0.05) is 6.54 Å². The number of nitrogens with one attached hydrogen (secondary N) is 1. The second-order valence-electron chi connectivity index (χ2n) is 8.01. The molecule has 0 aromatic heterocycles. The molecule has 2 rings (SSSR count). The van der Waals surface area contributed by atoms with E-state index in [9.17, 15) is 0 Å². The third-order valence-corrected chi connectivity index (χ3v) is 5.74. The van der Waals surface area contributed by atoms with Crippen LogP contribution in [0.2, 0.25) is 0 Å². The van der Waals surface area contributed by atoms with Crippen molar-refractivity contribution in [2.24, 2.45) is 5.92 Å². The minimum absolute atomic E-state index is 0.560. The highest BCUT2D eigenvalue weighted by Gasteiger charge is 2.15. The summed E-state index contributed by atoms with van der Waals surface area (Å²) in [6.07, 6.45) is 4.83. The Hall–Kier alpha value is -1.64. The highest BCUT2D eigenvalue weighted by molar-refractivity contribution is 5.30. The third kappa shape index (κ3) is 7.48. The van der Waals surface area contributed by atoms with Crippen molar-refractivity contribution in [1.29, 1.82) is 0 Å². The summed E-state index contributed by atoms with van der Waals surface area (Å²) < 4.78 is 0. The molecule has 2 aromatic rings. The quantitative estimate of drug-likeness (QED) is 0.534. The molecule has 0 saturated heterocycles. The first-order chi connectivity index (χ1) is 13.1. The van der Waals surface area contributed by atoms with Gasteiger partial charge in [-0.05, 0) is 75.0 Å². The number of benzene rings is 2. The summed E-state index contributed by atoms with van der Waals surface area (Å²) in [5.41, 5.74) is 4.43. The highest BCUT2D eigenvalue weighted by atomic mass is 15.1. The summed E-state index contributed by atoms with van der Waals surface area (Å²) in [6, 6.07) is 20.0. The van der Waals surface area contributed by atoms with E-state index >= 15 is 0 Å². The second-order valence-corrected chi connectivity index (χ2v) is 8.01. The minimum Gasteiger partial charge on any atom is -0.320 e. The van der Waals surface area contributed by atoms with Crippen molar-refractivity contribution >= 4 is 0 Å². The van der Waals surface area contributed by atoms with E-state index in [2.05, 4.69) is 85.7 Å². The zero-order chi connectivity index (χ0) is 19.5. The van der Waals surface area contributed by atoms with Crippen LogP contribution in [0.25, 0.3) is 0 Å². The zero-order valence-corrected chi connectivity index (χ0v) is 17.7. The van der Waals surface area contributed by atoms with Gasteiger partial charge in [0.15, 0.2) is 0 Å². The molecule has 0 aliphatic heterocycles. The molecule has 0 heterocycles. The molecule has 0 radical (unpaired) electrons. The Morgan fingerprint density at radius 1 is 0.926 bits per heavy atom. The lowest BCUT2D eigenvalue weighted by Crippen LogP contribution is -2.22. The first-order valence-corrected chi connectivity index (χ1v) is 10.6. The van der Waals surface area contributed by atoms with Crippen LogP contribution in [0.15, 0.2) is 54.6 Å². The second kappa shape index (κ2) is 11.9. The van der Waals surface area contributed by atoms with Crippen molar-refractivity contribution in [3.05, 3.63) is 71.3 Å². The van der Waals surface area contributed by atoms with Gasteiger partial charge in [0.25, 0.3) is 0 Å². The van der Waals surface area contributed by atoms with Crippen LogP contribution in [0, 0.1) is 5.92 Å². The average Bonchev–Trinajstić information content (AvgIpc) is 2.71. The van der Waals surface area contributed by atoms with Gasteiger partial charge >= 0.3 is 0 Å². The molecule has 2 aromatic carbocycles. The Labute approximate surface area is 167 Å². The molecule has 2 atom stereocenters. The van der Waals surface area contributed by atoms with Crippen LogP contribution in [-0.4, -0.2) is 32.1 Å². The summed E-state index contributed by atoms with van der Waals surface area (Å²) in [5, 5.41) is 3.33. The lowest BCUT2D eigenvalue weighted by molar-refractivity contribution is 0.295. The molecule has 0 aliphatic rings. The van der Waals surface area contributed by atoms with E-state index in [0.717, 1.165) is 25.4 Å². The highest BCUT2D eigenvalue weighted by Crippen LogP contribution is 2.26. The fourth-order valence-corrected chi connectivity index (χ4v) is 3.62. The van der Waals surface area contributed by atoms with Crippen molar-refractivity contribution < 1.29 is 0 Å². The van der Waals surface area contributed by atoms with E-state index in [1.807, 2.05) is 7.05 Å². The first kappa shape index (κ1) is 21.7. The molecule has 0 saturated carbocycles. The Bertz CT molecular complexity index is 638. The Kier molecular flexibility index (Phi) is 9.58. The molecule has 148 valence electrons. The van der Waals surface area contributed by atoms with E-state index in [1.54, 1.807) is 0 Å². The summed E-state index contributed by atoms with van der Waals surface area (Å²) >= 11 is 0. The number of rotatable bonds is 12. The number of hydrogen-bond acceptors (Lipinski definition) is 2. The monoisotopic (exact) mass is 366 g/mol. The Morgan fingerprint density at radius 2 is 1.59 bits per heavy atom. The number of nitrogens with zero attached hydrogens (tertiary/aromatic N) is 1. The molecule has 2 unspecified atom stereocenters. The van der Waals surface area contributed by atoms with E-state index in [1.165, 1.54) is 42.5 Å². The van der Waals surface area contributed by atoms with Crippen LogP contribution in [-0.2, 0) is 13.0 Å². The summed E-state index contributed by atoms with van der Waals surface area (Å²) in [7, 11) is 4.30. The fraction of sp³-hybridized carbons (Fsp3) is 0.520. The van der Waals surface area contributed by atoms with E-state index in [4.69, 9.17) is 0 Å². The van der Waals surface area contributed by atoms with E-state index < -0.39 is 0 Å². The van der Waals surface area contributed by atoms with E-state index in [0.29, 0.717) is 5.92 Å². The molecule has 2 nitrogen and oxygen atoms in total. The van der Waals surface area contributed by atoms with Crippen molar-refractivity contribution in [3.8, 4) is 0 Å². The van der Waals surface area contributed by atoms with Gasteiger partial charge in [0.05, 0.1) is 0 Å². The fourth-order valence-electron chi connectivity index (χ4n) is 3.62. The summed E-state index contributed by atoms with van der Waals surface area (Å²) in [5.74, 6) is 1.37. The lowest BCUT2D eigenvalue weighted by Gasteiger charge is -2.23. The minimum atomic E-state index is 0.560. The van der Waals surface area contributed by atoms with Gasteiger partial charge in [-0.15, -0.1) is 0 Å². The SMILES string of the molecule is CCC(C)CCN(C)Cc1ccccc1CC(CCNC)c1ccccc1. The Balaban J connectivity index is 2.08. The van der Waals surface area contributed by atoms with Crippen LogP contribution in [0.5, 0.6) is 0 Å². The van der Waals surface area contributed by atoms with Crippen molar-refractivity contribution in [3.63, 3.8) is 0 Å². The topological polar surface area (TPSA) is 15.3 Å². The van der Waals surface area contributed by atoms with Crippen LogP contribution in [0.4, 0.5) is 0 Å². The molecular formula is C25H38N2. The molecule has 0 bridgehead atoms.